The third-order valence-electron chi connectivity index (χ3n) is 6.09. The summed E-state index contributed by atoms with van der Waals surface area (Å²) in [7, 11) is -3.37. The highest BCUT2D eigenvalue weighted by Crippen LogP contribution is 2.34. The fourth-order valence-electron chi connectivity index (χ4n) is 4.24. The predicted octanol–water partition coefficient (Wildman–Crippen LogP) is 3.07. The quantitative estimate of drug-likeness (QED) is 0.505. The lowest BCUT2D eigenvalue weighted by atomic mass is 10.1. The van der Waals surface area contributed by atoms with E-state index in [0.29, 0.717) is 31.2 Å². The summed E-state index contributed by atoms with van der Waals surface area (Å²) in [6.07, 6.45) is 4.77. The molecule has 1 saturated heterocycles. The van der Waals surface area contributed by atoms with Crippen LogP contribution in [0.2, 0.25) is 0 Å². The molecule has 32 heavy (non-hydrogen) atoms. The minimum Gasteiger partial charge on any atom is -0.377 e. The molecule has 168 valence electrons. The molecular formula is C22H26N6O3S. The molecule has 1 N–H and O–H groups in total. The van der Waals surface area contributed by atoms with Crippen molar-refractivity contribution < 1.29 is 13.2 Å². The molecular weight excluding hydrogens is 428 g/mol. The normalized spacial score (nSPS) is 18.5. The molecule has 0 radical (unpaired) electrons. The van der Waals surface area contributed by atoms with E-state index in [1.54, 1.807) is 13.1 Å². The first-order chi connectivity index (χ1) is 15.2. The second-order valence-electron chi connectivity index (χ2n) is 8.49. The van der Waals surface area contributed by atoms with Gasteiger partial charge in [-0.1, -0.05) is 0 Å². The van der Waals surface area contributed by atoms with Gasteiger partial charge in [0.1, 0.15) is 5.82 Å². The van der Waals surface area contributed by atoms with Crippen LogP contribution in [0, 0.1) is 6.92 Å². The molecule has 3 aromatic heterocycles. The van der Waals surface area contributed by atoms with Crippen LogP contribution >= 0.6 is 0 Å². The summed E-state index contributed by atoms with van der Waals surface area (Å²) in [5, 5.41) is 5.32. The van der Waals surface area contributed by atoms with Crippen LogP contribution < -0.4 is 4.90 Å². The van der Waals surface area contributed by atoms with Crippen LogP contribution in [0.4, 0.5) is 5.82 Å². The van der Waals surface area contributed by atoms with Gasteiger partial charge in [-0.2, -0.15) is 5.10 Å². The minimum atomic E-state index is -3.37. The lowest BCUT2D eigenvalue weighted by Gasteiger charge is -2.34. The van der Waals surface area contributed by atoms with Gasteiger partial charge in [-0.3, -0.25) is 0 Å². The van der Waals surface area contributed by atoms with Gasteiger partial charge in [0, 0.05) is 35.5 Å². The standard InChI is InChI=1S/C22H26N6O3S/c1-13-9-17(16-5-6-23-19(16)10-13)20-25-21(27-7-8-31-12-14(27)2)18-11-24-28(22(18)26-20)15(3)32(4,29)30/h5-6,9-11,14-15,23H,7-8,12H2,1-4H3/t14-,15?/m1/s1. The Hall–Kier alpha value is -2.98. The van der Waals surface area contributed by atoms with Gasteiger partial charge >= 0.3 is 0 Å². The Bertz CT molecular complexity index is 1420. The monoisotopic (exact) mass is 454 g/mol. The number of aromatic amines is 1. The topological polar surface area (TPSA) is 106 Å². The second kappa shape index (κ2) is 7.56. The van der Waals surface area contributed by atoms with Crippen molar-refractivity contribution in [2.75, 3.05) is 30.9 Å². The first-order valence-corrected chi connectivity index (χ1v) is 12.6. The highest BCUT2D eigenvalue weighted by molar-refractivity contribution is 7.90. The molecule has 1 aliphatic heterocycles. The zero-order valence-corrected chi connectivity index (χ0v) is 19.3. The number of H-pyrrole nitrogens is 1. The van der Waals surface area contributed by atoms with Gasteiger partial charge in [-0.15, -0.1) is 0 Å². The summed E-state index contributed by atoms with van der Waals surface area (Å²) >= 11 is 0. The SMILES string of the molecule is Cc1cc(-c2nc(N3CCOC[C@H]3C)c3cnn(C(C)S(C)(=O)=O)c3n2)c2cc[nH]c2c1. The molecule has 1 fully saturated rings. The van der Waals surface area contributed by atoms with Crippen molar-refractivity contribution in [1.82, 2.24) is 24.7 Å². The van der Waals surface area contributed by atoms with Gasteiger partial charge in [0.25, 0.3) is 0 Å². The number of sulfone groups is 1. The maximum atomic E-state index is 12.3. The molecule has 0 saturated carbocycles. The van der Waals surface area contributed by atoms with E-state index in [1.165, 1.54) is 10.9 Å². The number of benzene rings is 1. The Kier molecular flexibility index (Phi) is 4.94. The van der Waals surface area contributed by atoms with Gasteiger partial charge in [-0.25, -0.2) is 23.1 Å². The Morgan fingerprint density at radius 1 is 1.25 bits per heavy atom. The van der Waals surface area contributed by atoms with Crippen LogP contribution in [-0.4, -0.2) is 65.2 Å². The van der Waals surface area contributed by atoms with Crippen LogP contribution in [-0.2, 0) is 14.6 Å². The van der Waals surface area contributed by atoms with E-state index >= 15 is 0 Å². The van der Waals surface area contributed by atoms with E-state index in [2.05, 4.69) is 34.0 Å². The molecule has 0 amide bonds. The first-order valence-electron chi connectivity index (χ1n) is 10.6. The Morgan fingerprint density at radius 2 is 2.06 bits per heavy atom. The summed E-state index contributed by atoms with van der Waals surface area (Å²) in [5.41, 5.74) is 3.48. The number of fused-ring (bicyclic) bond motifs is 2. The van der Waals surface area contributed by atoms with Crippen molar-refractivity contribution in [2.45, 2.75) is 32.2 Å². The van der Waals surface area contributed by atoms with Gasteiger partial charge in [-0.05, 0) is 44.5 Å². The van der Waals surface area contributed by atoms with Crippen LogP contribution in [0.5, 0.6) is 0 Å². The van der Waals surface area contributed by atoms with Gasteiger partial charge in [0.2, 0.25) is 0 Å². The molecule has 1 aromatic carbocycles. The van der Waals surface area contributed by atoms with E-state index in [1.807, 2.05) is 19.2 Å². The van der Waals surface area contributed by atoms with Gasteiger partial charge in [0.15, 0.2) is 26.7 Å². The fraction of sp³-hybridized carbons (Fsp3) is 0.409. The maximum absolute atomic E-state index is 12.3. The number of morpholine rings is 1. The second-order valence-corrected chi connectivity index (χ2v) is 10.8. The van der Waals surface area contributed by atoms with E-state index < -0.39 is 15.2 Å². The van der Waals surface area contributed by atoms with Crippen molar-refractivity contribution in [2.24, 2.45) is 0 Å². The van der Waals surface area contributed by atoms with Crippen LogP contribution in [0.1, 0.15) is 24.8 Å². The van der Waals surface area contributed by atoms with Crippen molar-refractivity contribution in [3.05, 3.63) is 36.2 Å². The number of anilines is 1. The number of nitrogens with zero attached hydrogens (tertiary/aromatic N) is 5. The number of aromatic nitrogens is 5. The zero-order chi connectivity index (χ0) is 22.6. The largest absolute Gasteiger partial charge is 0.377 e. The maximum Gasteiger partial charge on any atom is 0.170 e. The number of hydrogen-bond donors (Lipinski definition) is 1. The molecule has 5 rings (SSSR count). The third kappa shape index (κ3) is 3.43. The smallest absolute Gasteiger partial charge is 0.170 e. The predicted molar refractivity (Wildman–Crippen MR) is 125 cm³/mol. The Labute approximate surface area is 186 Å². The lowest BCUT2D eigenvalue weighted by Crippen LogP contribution is -2.44. The van der Waals surface area contributed by atoms with Crippen molar-refractivity contribution >= 4 is 37.6 Å². The number of hydrogen-bond acceptors (Lipinski definition) is 7. The van der Waals surface area contributed by atoms with Crippen LogP contribution in [0.3, 0.4) is 0 Å². The van der Waals surface area contributed by atoms with E-state index in [4.69, 9.17) is 14.7 Å². The molecule has 0 bridgehead atoms. The number of nitrogens with one attached hydrogen (secondary N) is 1. The summed E-state index contributed by atoms with van der Waals surface area (Å²) in [6, 6.07) is 6.27. The van der Waals surface area contributed by atoms with Gasteiger partial charge < -0.3 is 14.6 Å². The number of rotatable bonds is 4. The lowest BCUT2D eigenvalue weighted by molar-refractivity contribution is 0.0987. The Morgan fingerprint density at radius 3 is 2.81 bits per heavy atom. The highest BCUT2D eigenvalue weighted by Gasteiger charge is 2.28. The minimum absolute atomic E-state index is 0.121. The first kappa shape index (κ1) is 20.9. The summed E-state index contributed by atoms with van der Waals surface area (Å²) in [6.45, 7) is 7.63. The van der Waals surface area contributed by atoms with Gasteiger partial charge in [0.05, 0.1) is 30.8 Å². The van der Waals surface area contributed by atoms with E-state index in [-0.39, 0.29) is 6.04 Å². The number of aryl methyl sites for hydroxylation is 1. The molecule has 4 heterocycles. The van der Waals surface area contributed by atoms with Crippen LogP contribution in [0.25, 0.3) is 33.3 Å². The highest BCUT2D eigenvalue weighted by atomic mass is 32.2. The zero-order valence-electron chi connectivity index (χ0n) is 18.5. The number of ether oxygens (including phenoxy) is 1. The summed E-state index contributed by atoms with van der Waals surface area (Å²) < 4.78 is 31.7. The molecule has 4 aromatic rings. The molecule has 9 nitrogen and oxygen atoms in total. The summed E-state index contributed by atoms with van der Waals surface area (Å²) in [5.74, 6) is 1.29. The van der Waals surface area contributed by atoms with E-state index in [0.717, 1.165) is 33.2 Å². The average Bonchev–Trinajstić information content (AvgIpc) is 3.38. The van der Waals surface area contributed by atoms with Crippen molar-refractivity contribution in [3.8, 4) is 11.4 Å². The van der Waals surface area contributed by atoms with Crippen molar-refractivity contribution in [3.63, 3.8) is 0 Å². The van der Waals surface area contributed by atoms with Crippen molar-refractivity contribution in [1.29, 1.82) is 0 Å². The molecule has 0 aliphatic carbocycles. The molecule has 1 aliphatic rings. The van der Waals surface area contributed by atoms with E-state index in [9.17, 15) is 8.42 Å². The third-order valence-corrected chi connectivity index (χ3v) is 7.53. The molecule has 0 spiro atoms. The molecule has 1 unspecified atom stereocenters. The Balaban J connectivity index is 1.81. The van der Waals surface area contributed by atoms with Crippen LogP contribution in [0.15, 0.2) is 30.6 Å². The molecule has 2 atom stereocenters. The molecule has 10 heteroatoms. The fourth-order valence-corrected chi connectivity index (χ4v) is 4.75. The summed E-state index contributed by atoms with van der Waals surface area (Å²) in [4.78, 5) is 15.3. The average molecular weight is 455 g/mol.